The molecule has 5 heteroatoms. The fourth-order valence-corrected chi connectivity index (χ4v) is 1.85. The van der Waals surface area contributed by atoms with Crippen LogP contribution in [-0.4, -0.2) is 43.4 Å². The maximum absolute atomic E-state index is 11.8. The van der Waals surface area contributed by atoms with Crippen molar-refractivity contribution in [2.24, 2.45) is 0 Å². The van der Waals surface area contributed by atoms with Gasteiger partial charge in [-0.1, -0.05) is 13.8 Å². The topological polar surface area (TPSA) is 62.4 Å². The summed E-state index contributed by atoms with van der Waals surface area (Å²) in [6.45, 7) is 11.1. The molecule has 0 aromatic carbocycles. The van der Waals surface area contributed by atoms with Crippen molar-refractivity contribution < 1.29 is 9.53 Å². The molecule has 0 spiro atoms. The smallest absolute Gasteiger partial charge is 0.315 e. The Labute approximate surface area is 110 Å². The molecule has 1 saturated heterocycles. The number of carbonyl (C=O) groups is 1. The summed E-state index contributed by atoms with van der Waals surface area (Å²) in [6, 6.07) is -0.121. The van der Waals surface area contributed by atoms with Gasteiger partial charge in [-0.2, -0.15) is 0 Å². The molecule has 2 amide bonds. The first-order chi connectivity index (χ1) is 8.43. The Morgan fingerprint density at radius 3 is 2.67 bits per heavy atom. The third-order valence-electron chi connectivity index (χ3n) is 3.69. The Morgan fingerprint density at radius 1 is 1.44 bits per heavy atom. The fraction of sp³-hybridized carbons (Fsp3) is 0.923. The van der Waals surface area contributed by atoms with E-state index in [-0.39, 0.29) is 17.2 Å². The van der Waals surface area contributed by atoms with E-state index in [0.717, 1.165) is 25.9 Å². The van der Waals surface area contributed by atoms with Gasteiger partial charge in [0, 0.05) is 25.2 Å². The summed E-state index contributed by atoms with van der Waals surface area (Å²) in [4.78, 5) is 11.8. The minimum atomic E-state index is -0.258. The SMILES string of the molecule is CCC(C)(C)NC(=O)NCC1(CC)CNCCO1. The quantitative estimate of drug-likeness (QED) is 0.694. The van der Waals surface area contributed by atoms with E-state index >= 15 is 0 Å². The number of morpholine rings is 1. The van der Waals surface area contributed by atoms with Crippen LogP contribution in [0.2, 0.25) is 0 Å². The number of hydrogen-bond donors (Lipinski definition) is 3. The summed E-state index contributed by atoms with van der Waals surface area (Å²) in [5.74, 6) is 0. The van der Waals surface area contributed by atoms with Crippen molar-refractivity contribution in [2.75, 3.05) is 26.2 Å². The van der Waals surface area contributed by atoms with Gasteiger partial charge in [0.05, 0.1) is 12.2 Å². The van der Waals surface area contributed by atoms with Gasteiger partial charge in [0.2, 0.25) is 0 Å². The average molecular weight is 257 g/mol. The molecule has 0 aromatic heterocycles. The second-order valence-corrected chi connectivity index (χ2v) is 5.61. The van der Waals surface area contributed by atoms with E-state index in [9.17, 15) is 4.79 Å². The third kappa shape index (κ3) is 4.46. The van der Waals surface area contributed by atoms with Crippen LogP contribution < -0.4 is 16.0 Å². The predicted octanol–water partition coefficient (Wildman–Crippen LogP) is 1.24. The second-order valence-electron chi connectivity index (χ2n) is 5.61. The van der Waals surface area contributed by atoms with Crippen molar-refractivity contribution in [3.05, 3.63) is 0 Å². The maximum Gasteiger partial charge on any atom is 0.315 e. The summed E-state index contributed by atoms with van der Waals surface area (Å²) in [7, 11) is 0. The van der Waals surface area contributed by atoms with Crippen LogP contribution in [-0.2, 0) is 4.74 Å². The first kappa shape index (κ1) is 15.2. The largest absolute Gasteiger partial charge is 0.371 e. The van der Waals surface area contributed by atoms with Gasteiger partial charge in [-0.15, -0.1) is 0 Å². The summed E-state index contributed by atoms with van der Waals surface area (Å²) in [5.41, 5.74) is -0.429. The molecule has 0 aromatic rings. The van der Waals surface area contributed by atoms with E-state index in [4.69, 9.17) is 4.74 Å². The lowest BCUT2D eigenvalue weighted by molar-refractivity contribution is -0.0648. The van der Waals surface area contributed by atoms with Crippen LogP contribution in [0.3, 0.4) is 0 Å². The molecule has 0 bridgehead atoms. The number of nitrogens with one attached hydrogen (secondary N) is 3. The summed E-state index contributed by atoms with van der Waals surface area (Å²) < 4.78 is 5.82. The van der Waals surface area contributed by atoms with E-state index in [0.29, 0.717) is 13.2 Å². The lowest BCUT2D eigenvalue weighted by Gasteiger charge is -2.37. The molecule has 0 radical (unpaired) electrons. The van der Waals surface area contributed by atoms with E-state index in [1.165, 1.54) is 0 Å². The zero-order chi connectivity index (χ0) is 13.6. The minimum Gasteiger partial charge on any atom is -0.371 e. The van der Waals surface area contributed by atoms with Crippen LogP contribution in [0.25, 0.3) is 0 Å². The standard InChI is InChI=1S/C13H27N3O2/c1-5-12(3,4)16-11(17)15-10-13(6-2)9-14-7-8-18-13/h14H,5-10H2,1-4H3,(H2,15,16,17). The van der Waals surface area contributed by atoms with Crippen molar-refractivity contribution >= 4 is 6.03 Å². The van der Waals surface area contributed by atoms with E-state index in [1.807, 2.05) is 13.8 Å². The minimum absolute atomic E-state index is 0.121. The zero-order valence-corrected chi connectivity index (χ0v) is 12.1. The molecule has 1 unspecified atom stereocenters. The highest BCUT2D eigenvalue weighted by molar-refractivity contribution is 5.74. The zero-order valence-electron chi connectivity index (χ0n) is 12.1. The monoisotopic (exact) mass is 257 g/mol. The van der Waals surface area contributed by atoms with Crippen LogP contribution in [0.5, 0.6) is 0 Å². The normalized spacial score (nSPS) is 24.7. The highest BCUT2D eigenvalue weighted by Gasteiger charge is 2.32. The van der Waals surface area contributed by atoms with Crippen molar-refractivity contribution in [3.8, 4) is 0 Å². The highest BCUT2D eigenvalue weighted by Crippen LogP contribution is 2.16. The van der Waals surface area contributed by atoms with Crippen LogP contribution in [0, 0.1) is 0 Å². The molecule has 0 aliphatic carbocycles. The molecule has 1 atom stereocenters. The third-order valence-corrected chi connectivity index (χ3v) is 3.69. The van der Waals surface area contributed by atoms with E-state index in [2.05, 4.69) is 29.8 Å². The predicted molar refractivity (Wildman–Crippen MR) is 72.7 cm³/mol. The van der Waals surface area contributed by atoms with Gasteiger partial charge < -0.3 is 20.7 Å². The Hall–Kier alpha value is -0.810. The lowest BCUT2D eigenvalue weighted by Crippen LogP contribution is -2.58. The van der Waals surface area contributed by atoms with Gasteiger partial charge in [-0.05, 0) is 26.7 Å². The van der Waals surface area contributed by atoms with Crippen LogP contribution in [0.4, 0.5) is 4.79 Å². The van der Waals surface area contributed by atoms with Crippen LogP contribution in [0.1, 0.15) is 40.5 Å². The van der Waals surface area contributed by atoms with E-state index < -0.39 is 0 Å². The number of urea groups is 1. The number of rotatable bonds is 5. The number of ether oxygens (including phenoxy) is 1. The van der Waals surface area contributed by atoms with Crippen molar-refractivity contribution in [1.29, 1.82) is 0 Å². The average Bonchev–Trinajstić information content (AvgIpc) is 2.37. The van der Waals surface area contributed by atoms with Gasteiger partial charge in [0.25, 0.3) is 0 Å². The molecule has 106 valence electrons. The van der Waals surface area contributed by atoms with Crippen molar-refractivity contribution in [3.63, 3.8) is 0 Å². The summed E-state index contributed by atoms with van der Waals surface area (Å²) in [6.07, 6.45) is 1.79. The molecule has 1 aliphatic heterocycles. The summed E-state index contributed by atoms with van der Waals surface area (Å²) in [5, 5.41) is 9.19. The molecule has 1 heterocycles. The van der Waals surface area contributed by atoms with Gasteiger partial charge in [-0.25, -0.2) is 4.79 Å². The second kappa shape index (κ2) is 6.38. The fourth-order valence-electron chi connectivity index (χ4n) is 1.85. The van der Waals surface area contributed by atoms with E-state index in [1.54, 1.807) is 0 Å². The molecular weight excluding hydrogens is 230 g/mol. The van der Waals surface area contributed by atoms with Gasteiger partial charge >= 0.3 is 6.03 Å². The van der Waals surface area contributed by atoms with Crippen LogP contribution >= 0.6 is 0 Å². The number of carbonyl (C=O) groups excluding carboxylic acids is 1. The molecule has 3 N–H and O–H groups in total. The molecule has 0 saturated carbocycles. The van der Waals surface area contributed by atoms with Crippen LogP contribution in [0.15, 0.2) is 0 Å². The Kier molecular flexibility index (Phi) is 5.41. The first-order valence-corrected chi connectivity index (χ1v) is 6.84. The highest BCUT2D eigenvalue weighted by atomic mass is 16.5. The van der Waals surface area contributed by atoms with Gasteiger partial charge in [0.15, 0.2) is 0 Å². The molecule has 1 fully saturated rings. The summed E-state index contributed by atoms with van der Waals surface area (Å²) >= 11 is 0. The Morgan fingerprint density at radius 2 is 2.17 bits per heavy atom. The molecular formula is C13H27N3O2. The van der Waals surface area contributed by atoms with Gasteiger partial charge in [-0.3, -0.25) is 0 Å². The van der Waals surface area contributed by atoms with Gasteiger partial charge in [0.1, 0.15) is 0 Å². The first-order valence-electron chi connectivity index (χ1n) is 6.84. The molecule has 18 heavy (non-hydrogen) atoms. The molecule has 1 aliphatic rings. The Balaban J connectivity index is 2.40. The molecule has 5 nitrogen and oxygen atoms in total. The lowest BCUT2D eigenvalue weighted by atomic mass is 9.99. The number of amides is 2. The molecule has 1 rings (SSSR count). The van der Waals surface area contributed by atoms with Crippen molar-refractivity contribution in [1.82, 2.24) is 16.0 Å². The Bertz CT molecular complexity index is 273. The number of hydrogen-bond acceptors (Lipinski definition) is 3. The van der Waals surface area contributed by atoms with Crippen molar-refractivity contribution in [2.45, 2.75) is 51.7 Å². The maximum atomic E-state index is 11.8.